The van der Waals surface area contributed by atoms with Crippen LogP contribution in [0, 0.1) is 0 Å². The number of halogens is 2. The second kappa shape index (κ2) is 8.73. The molecule has 1 fully saturated rings. The molecule has 22 heavy (non-hydrogen) atoms. The molecular formula is C16H22Cl2N2O2. The van der Waals surface area contributed by atoms with Crippen molar-refractivity contribution < 1.29 is 9.90 Å². The van der Waals surface area contributed by atoms with Crippen LogP contribution in [0.1, 0.15) is 32.1 Å². The van der Waals surface area contributed by atoms with Crippen molar-refractivity contribution in [1.82, 2.24) is 4.90 Å². The van der Waals surface area contributed by atoms with Gasteiger partial charge in [0.15, 0.2) is 0 Å². The van der Waals surface area contributed by atoms with Crippen LogP contribution in [0.2, 0.25) is 10.0 Å². The lowest BCUT2D eigenvalue weighted by molar-refractivity contribution is -0.116. The van der Waals surface area contributed by atoms with Crippen LogP contribution in [-0.2, 0) is 4.79 Å². The van der Waals surface area contributed by atoms with Crippen molar-refractivity contribution in [2.24, 2.45) is 0 Å². The van der Waals surface area contributed by atoms with Crippen molar-refractivity contribution >= 4 is 34.8 Å². The summed E-state index contributed by atoms with van der Waals surface area (Å²) in [5.41, 5.74) is 0.481. The number of aliphatic hydroxyl groups is 1. The first-order valence-electron chi connectivity index (χ1n) is 7.70. The normalized spacial score (nSPS) is 14.4. The molecule has 4 nitrogen and oxygen atoms in total. The van der Waals surface area contributed by atoms with Gasteiger partial charge in [-0.3, -0.25) is 9.69 Å². The average molecular weight is 345 g/mol. The van der Waals surface area contributed by atoms with Crippen LogP contribution in [-0.4, -0.2) is 41.7 Å². The minimum Gasteiger partial charge on any atom is -0.396 e. The van der Waals surface area contributed by atoms with Crippen LogP contribution in [0.3, 0.4) is 0 Å². The number of benzene rings is 1. The third-order valence-corrected chi connectivity index (χ3v) is 4.40. The minimum absolute atomic E-state index is 0.0807. The van der Waals surface area contributed by atoms with Gasteiger partial charge in [-0.05, 0) is 44.4 Å². The van der Waals surface area contributed by atoms with Crippen molar-refractivity contribution in [2.75, 3.05) is 25.0 Å². The summed E-state index contributed by atoms with van der Waals surface area (Å²) in [6.07, 6.45) is 4.60. The fourth-order valence-electron chi connectivity index (χ4n) is 2.41. The SMILES string of the molecule is O=C(CCN(CCCCO)C1CC1)Nc1c(Cl)cccc1Cl. The van der Waals surface area contributed by atoms with E-state index in [2.05, 4.69) is 10.2 Å². The first-order valence-corrected chi connectivity index (χ1v) is 8.46. The van der Waals surface area contributed by atoms with Crippen molar-refractivity contribution in [3.8, 4) is 0 Å². The maximum atomic E-state index is 12.1. The number of hydrogen-bond acceptors (Lipinski definition) is 3. The molecule has 2 N–H and O–H groups in total. The third kappa shape index (κ3) is 5.43. The van der Waals surface area contributed by atoms with Gasteiger partial charge in [-0.2, -0.15) is 0 Å². The molecule has 0 radical (unpaired) electrons. The number of aliphatic hydroxyl groups excluding tert-OH is 1. The molecule has 0 saturated heterocycles. The maximum Gasteiger partial charge on any atom is 0.225 e. The molecule has 1 saturated carbocycles. The van der Waals surface area contributed by atoms with E-state index in [1.54, 1.807) is 18.2 Å². The van der Waals surface area contributed by atoms with Crippen LogP contribution in [0.5, 0.6) is 0 Å². The Morgan fingerprint density at radius 3 is 2.50 bits per heavy atom. The van der Waals surface area contributed by atoms with E-state index in [4.69, 9.17) is 28.3 Å². The molecule has 0 atom stereocenters. The molecule has 1 aromatic rings. The summed E-state index contributed by atoms with van der Waals surface area (Å²) >= 11 is 12.1. The highest BCUT2D eigenvalue weighted by Crippen LogP contribution is 2.30. The van der Waals surface area contributed by atoms with Crippen LogP contribution < -0.4 is 5.32 Å². The lowest BCUT2D eigenvalue weighted by Gasteiger charge is -2.21. The Morgan fingerprint density at radius 2 is 1.91 bits per heavy atom. The molecule has 0 spiro atoms. The predicted molar refractivity (Wildman–Crippen MR) is 90.6 cm³/mol. The number of hydrogen-bond donors (Lipinski definition) is 2. The average Bonchev–Trinajstić information content (AvgIpc) is 3.31. The Hall–Kier alpha value is -0.810. The summed E-state index contributed by atoms with van der Waals surface area (Å²) in [6.45, 7) is 1.89. The molecule has 0 heterocycles. The van der Waals surface area contributed by atoms with Crippen molar-refractivity contribution in [3.05, 3.63) is 28.2 Å². The molecule has 0 bridgehead atoms. The van der Waals surface area contributed by atoms with Crippen LogP contribution in [0.15, 0.2) is 18.2 Å². The predicted octanol–water partition coefficient (Wildman–Crippen LogP) is 3.56. The zero-order valence-corrected chi connectivity index (χ0v) is 14.0. The van der Waals surface area contributed by atoms with Crippen molar-refractivity contribution in [1.29, 1.82) is 0 Å². The number of anilines is 1. The van der Waals surface area contributed by atoms with Crippen molar-refractivity contribution in [3.63, 3.8) is 0 Å². The van der Waals surface area contributed by atoms with E-state index in [9.17, 15) is 4.79 Å². The lowest BCUT2D eigenvalue weighted by atomic mass is 10.2. The van der Waals surface area contributed by atoms with Gasteiger partial charge in [0.05, 0.1) is 15.7 Å². The molecule has 6 heteroatoms. The lowest BCUT2D eigenvalue weighted by Crippen LogP contribution is -2.31. The number of nitrogens with one attached hydrogen (secondary N) is 1. The molecule has 122 valence electrons. The summed E-state index contributed by atoms with van der Waals surface area (Å²) in [4.78, 5) is 14.4. The summed E-state index contributed by atoms with van der Waals surface area (Å²) < 4.78 is 0. The number of carbonyl (C=O) groups excluding carboxylic acids is 1. The number of carbonyl (C=O) groups is 1. The fourth-order valence-corrected chi connectivity index (χ4v) is 2.90. The van der Waals surface area contributed by atoms with E-state index in [-0.39, 0.29) is 12.5 Å². The molecule has 1 amide bonds. The van der Waals surface area contributed by atoms with Gasteiger partial charge in [-0.15, -0.1) is 0 Å². The van der Waals surface area contributed by atoms with E-state index < -0.39 is 0 Å². The van der Waals surface area contributed by atoms with Crippen LogP contribution >= 0.6 is 23.2 Å². The number of amides is 1. The molecule has 2 rings (SSSR count). The Balaban J connectivity index is 1.80. The maximum absolute atomic E-state index is 12.1. The van der Waals surface area contributed by atoms with E-state index in [0.717, 1.165) is 25.9 Å². The van der Waals surface area contributed by atoms with Gasteiger partial charge >= 0.3 is 0 Å². The molecule has 0 aromatic heterocycles. The summed E-state index contributed by atoms with van der Waals surface area (Å²) in [7, 11) is 0. The van der Waals surface area contributed by atoms with E-state index in [1.807, 2.05) is 0 Å². The van der Waals surface area contributed by atoms with Gasteiger partial charge in [0.2, 0.25) is 5.91 Å². The Morgan fingerprint density at radius 1 is 1.23 bits per heavy atom. The van der Waals surface area contributed by atoms with Crippen molar-refractivity contribution in [2.45, 2.75) is 38.1 Å². The number of nitrogens with zero attached hydrogens (tertiary/aromatic N) is 1. The monoisotopic (exact) mass is 344 g/mol. The topological polar surface area (TPSA) is 52.6 Å². The quantitative estimate of drug-likeness (QED) is 0.673. The number of rotatable bonds is 9. The summed E-state index contributed by atoms with van der Waals surface area (Å²) in [6, 6.07) is 5.76. The molecule has 1 aliphatic rings. The molecule has 1 aliphatic carbocycles. The first-order chi connectivity index (χ1) is 10.6. The molecular weight excluding hydrogens is 323 g/mol. The molecule has 1 aromatic carbocycles. The summed E-state index contributed by atoms with van der Waals surface area (Å²) in [5, 5.41) is 12.5. The highest BCUT2D eigenvalue weighted by Gasteiger charge is 2.28. The summed E-state index contributed by atoms with van der Waals surface area (Å²) in [5.74, 6) is -0.0807. The molecule has 0 aliphatic heterocycles. The standard InChI is InChI=1S/C16H22Cl2N2O2/c17-13-4-3-5-14(18)16(13)19-15(22)8-10-20(12-6-7-12)9-1-2-11-21/h3-5,12,21H,1-2,6-11H2,(H,19,22). The second-order valence-electron chi connectivity index (χ2n) is 5.59. The van der Waals surface area contributed by atoms with Crippen LogP contribution in [0.4, 0.5) is 5.69 Å². The van der Waals surface area contributed by atoms with E-state index in [1.165, 1.54) is 12.8 Å². The molecule has 0 unspecified atom stereocenters. The van der Waals surface area contributed by atoms with Gasteiger partial charge in [-0.25, -0.2) is 0 Å². The minimum atomic E-state index is -0.0807. The van der Waals surface area contributed by atoms with Crippen LogP contribution in [0.25, 0.3) is 0 Å². The van der Waals surface area contributed by atoms with Gasteiger partial charge in [0, 0.05) is 25.6 Å². The second-order valence-corrected chi connectivity index (χ2v) is 6.41. The smallest absolute Gasteiger partial charge is 0.225 e. The van der Waals surface area contributed by atoms with E-state index >= 15 is 0 Å². The third-order valence-electron chi connectivity index (χ3n) is 3.77. The largest absolute Gasteiger partial charge is 0.396 e. The highest BCUT2D eigenvalue weighted by molar-refractivity contribution is 6.39. The Labute approximate surface area is 141 Å². The first kappa shape index (κ1) is 17.5. The van der Waals surface area contributed by atoms with Gasteiger partial charge < -0.3 is 10.4 Å². The number of para-hydroxylation sites is 1. The zero-order valence-electron chi connectivity index (χ0n) is 12.5. The zero-order chi connectivity index (χ0) is 15.9. The van der Waals surface area contributed by atoms with E-state index in [0.29, 0.717) is 28.2 Å². The fraction of sp³-hybridized carbons (Fsp3) is 0.562. The Bertz CT molecular complexity index is 487. The Kier molecular flexibility index (Phi) is 6.96. The highest BCUT2D eigenvalue weighted by atomic mass is 35.5. The van der Waals surface area contributed by atoms with Gasteiger partial charge in [0.25, 0.3) is 0 Å². The van der Waals surface area contributed by atoms with Gasteiger partial charge in [0.1, 0.15) is 0 Å². The number of unbranched alkanes of at least 4 members (excludes halogenated alkanes) is 1. The van der Waals surface area contributed by atoms with Gasteiger partial charge in [-0.1, -0.05) is 29.3 Å².